The molecule has 0 aromatic heterocycles. The van der Waals surface area contributed by atoms with Gasteiger partial charge >= 0.3 is 0 Å². The van der Waals surface area contributed by atoms with E-state index in [1.54, 1.807) is 0 Å². The zero-order chi connectivity index (χ0) is 13.5. The molecule has 2 atom stereocenters. The molecule has 0 radical (unpaired) electrons. The van der Waals surface area contributed by atoms with Gasteiger partial charge in [0.05, 0.1) is 12.7 Å². The Morgan fingerprint density at radius 3 is 2.58 bits per heavy atom. The fourth-order valence-corrected chi connectivity index (χ4v) is 2.95. The minimum absolute atomic E-state index is 0.489. The van der Waals surface area contributed by atoms with Crippen LogP contribution in [0.5, 0.6) is 0 Å². The molecular formula is C17H27NO. The Balaban J connectivity index is 1.77. The third-order valence-corrected chi connectivity index (χ3v) is 4.23. The number of likely N-dealkylation sites (N-methyl/N-ethyl adjacent to an activating group) is 1. The van der Waals surface area contributed by atoms with Gasteiger partial charge < -0.3 is 9.64 Å². The second kappa shape index (κ2) is 7.54. The first kappa shape index (κ1) is 14.4. The second-order valence-electron chi connectivity index (χ2n) is 5.59. The Bertz CT molecular complexity index is 352. The van der Waals surface area contributed by atoms with Crippen LogP contribution in [0.4, 0.5) is 5.69 Å². The van der Waals surface area contributed by atoms with E-state index in [-0.39, 0.29) is 0 Å². The van der Waals surface area contributed by atoms with Crippen molar-refractivity contribution >= 4 is 5.69 Å². The average Bonchev–Trinajstić information content (AvgIpc) is 2.46. The van der Waals surface area contributed by atoms with Crippen LogP contribution in [-0.2, 0) is 4.74 Å². The summed E-state index contributed by atoms with van der Waals surface area (Å²) in [7, 11) is 0. The zero-order valence-electron chi connectivity index (χ0n) is 12.3. The van der Waals surface area contributed by atoms with E-state index >= 15 is 0 Å². The maximum atomic E-state index is 6.11. The van der Waals surface area contributed by atoms with Gasteiger partial charge in [-0.15, -0.1) is 0 Å². The molecular weight excluding hydrogens is 234 g/mol. The Morgan fingerprint density at radius 1 is 1.16 bits per heavy atom. The first-order valence-electron chi connectivity index (χ1n) is 7.73. The van der Waals surface area contributed by atoms with E-state index in [4.69, 9.17) is 4.74 Å². The lowest BCUT2D eigenvalue weighted by Crippen LogP contribution is -2.31. The minimum Gasteiger partial charge on any atom is -0.376 e. The van der Waals surface area contributed by atoms with Crippen LogP contribution in [-0.4, -0.2) is 25.8 Å². The van der Waals surface area contributed by atoms with E-state index in [2.05, 4.69) is 49.1 Å². The predicted octanol–water partition coefficient (Wildman–Crippen LogP) is 4.11. The summed E-state index contributed by atoms with van der Waals surface area (Å²) in [6.45, 7) is 7.41. The van der Waals surface area contributed by atoms with Crippen molar-refractivity contribution in [3.8, 4) is 0 Å². The molecule has 0 saturated heterocycles. The third-order valence-electron chi connectivity index (χ3n) is 4.23. The maximum Gasteiger partial charge on any atom is 0.0645 e. The summed E-state index contributed by atoms with van der Waals surface area (Å²) < 4.78 is 6.11. The van der Waals surface area contributed by atoms with Crippen molar-refractivity contribution in [1.82, 2.24) is 0 Å². The fourth-order valence-electron chi connectivity index (χ4n) is 2.95. The van der Waals surface area contributed by atoms with Crippen LogP contribution >= 0.6 is 0 Å². The Kier molecular flexibility index (Phi) is 5.71. The van der Waals surface area contributed by atoms with Crippen molar-refractivity contribution in [2.45, 2.75) is 45.6 Å². The average molecular weight is 261 g/mol. The minimum atomic E-state index is 0.489. The first-order chi connectivity index (χ1) is 9.31. The highest BCUT2D eigenvalue weighted by Gasteiger charge is 2.21. The van der Waals surface area contributed by atoms with E-state index in [1.807, 2.05) is 0 Å². The van der Waals surface area contributed by atoms with Crippen LogP contribution in [0.25, 0.3) is 0 Å². The molecule has 0 N–H and O–H groups in total. The van der Waals surface area contributed by atoms with E-state index in [1.165, 1.54) is 31.4 Å². The standard InChI is InChI=1S/C17H27NO/c1-3-18(16-10-5-4-6-11-16)13-14-19-17-12-8-7-9-15(17)2/h4-6,10-11,15,17H,3,7-9,12-14H2,1-2H3. The van der Waals surface area contributed by atoms with E-state index in [9.17, 15) is 0 Å². The van der Waals surface area contributed by atoms with E-state index in [0.717, 1.165) is 25.6 Å². The highest BCUT2D eigenvalue weighted by atomic mass is 16.5. The molecule has 1 fully saturated rings. The second-order valence-corrected chi connectivity index (χ2v) is 5.59. The number of anilines is 1. The Morgan fingerprint density at radius 2 is 1.89 bits per heavy atom. The van der Waals surface area contributed by atoms with E-state index in [0.29, 0.717) is 6.10 Å². The Hall–Kier alpha value is -1.02. The van der Waals surface area contributed by atoms with Gasteiger partial charge in [0.15, 0.2) is 0 Å². The number of nitrogens with zero attached hydrogens (tertiary/aromatic N) is 1. The highest BCUT2D eigenvalue weighted by molar-refractivity contribution is 5.45. The van der Waals surface area contributed by atoms with Crippen molar-refractivity contribution < 1.29 is 4.74 Å². The molecule has 2 heteroatoms. The van der Waals surface area contributed by atoms with Crippen molar-refractivity contribution in [2.75, 3.05) is 24.6 Å². The van der Waals surface area contributed by atoms with Crippen LogP contribution in [0.3, 0.4) is 0 Å². The lowest BCUT2D eigenvalue weighted by atomic mass is 9.88. The summed E-state index contributed by atoms with van der Waals surface area (Å²) in [6, 6.07) is 10.6. The smallest absolute Gasteiger partial charge is 0.0645 e. The molecule has 2 nitrogen and oxygen atoms in total. The molecule has 1 aliphatic rings. The largest absolute Gasteiger partial charge is 0.376 e. The molecule has 0 heterocycles. The number of rotatable bonds is 6. The topological polar surface area (TPSA) is 12.5 Å². The quantitative estimate of drug-likeness (QED) is 0.764. The monoisotopic (exact) mass is 261 g/mol. The van der Waals surface area contributed by atoms with Crippen LogP contribution in [0.1, 0.15) is 39.5 Å². The number of hydrogen-bond acceptors (Lipinski definition) is 2. The first-order valence-corrected chi connectivity index (χ1v) is 7.73. The summed E-state index contributed by atoms with van der Waals surface area (Å²) in [5.41, 5.74) is 1.30. The van der Waals surface area contributed by atoms with Gasteiger partial charge in [0, 0.05) is 18.8 Å². The van der Waals surface area contributed by atoms with Crippen LogP contribution < -0.4 is 4.90 Å². The summed E-state index contributed by atoms with van der Waals surface area (Å²) in [6.07, 6.45) is 5.79. The molecule has 0 bridgehead atoms. The normalized spacial score (nSPS) is 23.3. The summed E-state index contributed by atoms with van der Waals surface area (Å²) in [4.78, 5) is 2.38. The SMILES string of the molecule is CCN(CCOC1CCCCC1C)c1ccccc1. The van der Waals surface area contributed by atoms with Gasteiger partial charge in [0.2, 0.25) is 0 Å². The molecule has 0 spiro atoms. The molecule has 106 valence electrons. The molecule has 1 saturated carbocycles. The lowest BCUT2D eigenvalue weighted by molar-refractivity contribution is -0.00125. The summed E-state index contributed by atoms with van der Waals surface area (Å²) in [5, 5.41) is 0. The van der Waals surface area contributed by atoms with Crippen molar-refractivity contribution in [3.63, 3.8) is 0 Å². The van der Waals surface area contributed by atoms with Gasteiger partial charge in [-0.05, 0) is 37.8 Å². The van der Waals surface area contributed by atoms with Gasteiger partial charge in [0.25, 0.3) is 0 Å². The molecule has 1 aromatic rings. The number of ether oxygens (including phenoxy) is 1. The van der Waals surface area contributed by atoms with Gasteiger partial charge in [-0.2, -0.15) is 0 Å². The maximum absolute atomic E-state index is 6.11. The van der Waals surface area contributed by atoms with Crippen LogP contribution in [0.15, 0.2) is 30.3 Å². The van der Waals surface area contributed by atoms with Gasteiger partial charge in [-0.1, -0.05) is 38.0 Å². The number of para-hydroxylation sites is 1. The van der Waals surface area contributed by atoms with Crippen molar-refractivity contribution in [3.05, 3.63) is 30.3 Å². The molecule has 0 amide bonds. The molecule has 0 aliphatic heterocycles. The van der Waals surface area contributed by atoms with E-state index < -0.39 is 0 Å². The predicted molar refractivity (Wildman–Crippen MR) is 81.7 cm³/mol. The zero-order valence-corrected chi connectivity index (χ0v) is 12.3. The van der Waals surface area contributed by atoms with Gasteiger partial charge in [-0.3, -0.25) is 0 Å². The van der Waals surface area contributed by atoms with Crippen molar-refractivity contribution in [1.29, 1.82) is 0 Å². The molecule has 19 heavy (non-hydrogen) atoms. The Labute approximate surface area is 117 Å². The molecule has 2 unspecified atom stereocenters. The van der Waals surface area contributed by atoms with Gasteiger partial charge in [0.1, 0.15) is 0 Å². The summed E-state index contributed by atoms with van der Waals surface area (Å²) in [5.74, 6) is 0.737. The molecule has 2 rings (SSSR count). The van der Waals surface area contributed by atoms with Crippen LogP contribution in [0, 0.1) is 5.92 Å². The van der Waals surface area contributed by atoms with Crippen LogP contribution in [0.2, 0.25) is 0 Å². The third kappa shape index (κ3) is 4.24. The lowest BCUT2D eigenvalue weighted by Gasteiger charge is -2.30. The molecule has 1 aromatic carbocycles. The number of hydrogen-bond donors (Lipinski definition) is 0. The highest BCUT2D eigenvalue weighted by Crippen LogP contribution is 2.26. The fraction of sp³-hybridized carbons (Fsp3) is 0.647. The van der Waals surface area contributed by atoms with Crippen molar-refractivity contribution in [2.24, 2.45) is 5.92 Å². The number of benzene rings is 1. The van der Waals surface area contributed by atoms with Gasteiger partial charge in [-0.25, -0.2) is 0 Å². The summed E-state index contributed by atoms with van der Waals surface area (Å²) >= 11 is 0. The molecule has 1 aliphatic carbocycles.